The molecule has 0 spiro atoms. The number of hydrogen-bond donors (Lipinski definition) is 3. The molecule has 0 radical (unpaired) electrons. The van der Waals surface area contributed by atoms with Gasteiger partial charge in [-0.25, -0.2) is 0 Å². The van der Waals surface area contributed by atoms with Gasteiger partial charge in [-0.1, -0.05) is 69.7 Å². The maximum Gasteiger partial charge on any atom is 0.243 e. The second kappa shape index (κ2) is 11.5. The number of benzene rings is 2. The van der Waals surface area contributed by atoms with Crippen molar-refractivity contribution in [3.63, 3.8) is 0 Å². The lowest BCUT2D eigenvalue weighted by Crippen LogP contribution is -2.40. The normalized spacial score (nSPS) is 11.9. The quantitative estimate of drug-likeness (QED) is 0.548. The van der Waals surface area contributed by atoms with Crippen LogP contribution in [-0.2, 0) is 16.0 Å². The van der Waals surface area contributed by atoms with Gasteiger partial charge in [-0.05, 0) is 48.4 Å². The van der Waals surface area contributed by atoms with Gasteiger partial charge >= 0.3 is 0 Å². The summed E-state index contributed by atoms with van der Waals surface area (Å²) in [5, 5.41) is 8.92. The van der Waals surface area contributed by atoms with Crippen molar-refractivity contribution < 1.29 is 9.59 Å². The van der Waals surface area contributed by atoms with Gasteiger partial charge in [-0.3, -0.25) is 9.59 Å². The molecule has 2 aromatic rings. The Balaban J connectivity index is 1.85. The first-order valence-corrected chi connectivity index (χ1v) is 10.8. The Morgan fingerprint density at radius 3 is 2.10 bits per heavy atom. The number of rotatable bonds is 10. The zero-order valence-corrected chi connectivity index (χ0v) is 18.8. The van der Waals surface area contributed by atoms with Crippen LogP contribution in [0.2, 0.25) is 0 Å². The van der Waals surface area contributed by atoms with Crippen molar-refractivity contribution in [1.82, 2.24) is 10.6 Å². The van der Waals surface area contributed by atoms with E-state index < -0.39 is 0 Å². The van der Waals surface area contributed by atoms with Gasteiger partial charge in [0.2, 0.25) is 11.8 Å². The fourth-order valence-corrected chi connectivity index (χ4v) is 3.56. The molecule has 0 aromatic heterocycles. The topological polar surface area (TPSA) is 70.2 Å². The number of para-hydroxylation sites is 1. The third-order valence-corrected chi connectivity index (χ3v) is 5.22. The van der Waals surface area contributed by atoms with Gasteiger partial charge in [0.25, 0.3) is 0 Å². The maximum atomic E-state index is 12.3. The highest BCUT2D eigenvalue weighted by Gasteiger charge is 2.17. The fourth-order valence-electron chi connectivity index (χ4n) is 3.56. The SMILES string of the molecule is CCCc1ccc([C@@H](NCC(=O)NCC(=O)Nc2c(C)cccc2C)C(C)C)cc1. The molecular weight excluding hydrogens is 374 g/mol. The Hall–Kier alpha value is -2.66. The highest BCUT2D eigenvalue weighted by Crippen LogP contribution is 2.22. The zero-order valence-electron chi connectivity index (χ0n) is 18.8. The molecule has 2 aromatic carbocycles. The summed E-state index contributed by atoms with van der Waals surface area (Å²) < 4.78 is 0. The van der Waals surface area contributed by atoms with E-state index in [1.807, 2.05) is 32.0 Å². The third-order valence-electron chi connectivity index (χ3n) is 5.22. The van der Waals surface area contributed by atoms with Crippen LogP contribution >= 0.6 is 0 Å². The molecule has 0 unspecified atom stereocenters. The van der Waals surface area contributed by atoms with E-state index in [0.717, 1.165) is 29.7 Å². The number of nitrogens with one attached hydrogen (secondary N) is 3. The maximum absolute atomic E-state index is 12.3. The first kappa shape index (κ1) is 23.6. The highest BCUT2D eigenvalue weighted by atomic mass is 16.2. The lowest BCUT2D eigenvalue weighted by atomic mass is 9.94. The predicted octanol–water partition coefficient (Wildman–Crippen LogP) is 4.30. The molecule has 162 valence electrons. The fraction of sp³-hybridized carbons (Fsp3) is 0.440. The molecule has 0 bridgehead atoms. The van der Waals surface area contributed by atoms with E-state index in [2.05, 4.69) is 61.0 Å². The van der Waals surface area contributed by atoms with E-state index in [9.17, 15) is 9.59 Å². The van der Waals surface area contributed by atoms with E-state index in [0.29, 0.717) is 5.92 Å². The molecule has 0 saturated carbocycles. The largest absolute Gasteiger partial charge is 0.346 e. The van der Waals surface area contributed by atoms with Gasteiger partial charge in [0.05, 0.1) is 13.1 Å². The molecule has 0 aliphatic rings. The molecule has 0 aliphatic heterocycles. The van der Waals surface area contributed by atoms with Crippen LogP contribution in [-0.4, -0.2) is 24.9 Å². The lowest BCUT2D eigenvalue weighted by molar-refractivity contribution is -0.123. The van der Waals surface area contributed by atoms with Crippen molar-refractivity contribution in [3.8, 4) is 0 Å². The highest BCUT2D eigenvalue weighted by molar-refractivity contribution is 5.95. The Morgan fingerprint density at radius 1 is 0.900 bits per heavy atom. The van der Waals surface area contributed by atoms with E-state index in [1.54, 1.807) is 0 Å². The van der Waals surface area contributed by atoms with Crippen molar-refractivity contribution in [2.45, 2.75) is 53.5 Å². The summed E-state index contributed by atoms with van der Waals surface area (Å²) in [6.07, 6.45) is 2.20. The van der Waals surface area contributed by atoms with Crippen LogP contribution in [0.15, 0.2) is 42.5 Å². The Labute approximate surface area is 180 Å². The smallest absolute Gasteiger partial charge is 0.243 e. The molecular formula is C25H35N3O2. The van der Waals surface area contributed by atoms with E-state index in [-0.39, 0.29) is 30.9 Å². The van der Waals surface area contributed by atoms with E-state index in [4.69, 9.17) is 0 Å². The molecule has 5 nitrogen and oxygen atoms in total. The third kappa shape index (κ3) is 6.99. The minimum absolute atomic E-state index is 0.0493. The van der Waals surface area contributed by atoms with Crippen LogP contribution < -0.4 is 16.0 Å². The van der Waals surface area contributed by atoms with Gasteiger partial charge in [-0.2, -0.15) is 0 Å². The first-order chi connectivity index (χ1) is 14.3. The minimum Gasteiger partial charge on any atom is -0.346 e. The summed E-state index contributed by atoms with van der Waals surface area (Å²) in [7, 11) is 0. The average molecular weight is 410 g/mol. The van der Waals surface area contributed by atoms with Crippen molar-refractivity contribution in [1.29, 1.82) is 0 Å². The van der Waals surface area contributed by atoms with Gasteiger partial charge in [0.15, 0.2) is 0 Å². The standard InChI is InChI=1S/C25H35N3O2/c1-6-8-20-11-13-21(14-12-20)24(17(2)3)27-15-22(29)26-16-23(30)28-25-18(4)9-7-10-19(25)5/h7,9-14,17,24,27H,6,8,15-16H2,1-5H3,(H,26,29)(H,28,30)/t24-/m0/s1. The first-order valence-electron chi connectivity index (χ1n) is 10.8. The average Bonchev–Trinajstić information content (AvgIpc) is 2.70. The van der Waals surface area contributed by atoms with Crippen LogP contribution in [0.1, 0.15) is 55.5 Å². The molecule has 3 N–H and O–H groups in total. The second-order valence-corrected chi connectivity index (χ2v) is 8.19. The number of carbonyl (C=O) groups excluding carboxylic acids is 2. The lowest BCUT2D eigenvalue weighted by Gasteiger charge is -2.23. The molecule has 5 heteroatoms. The van der Waals surface area contributed by atoms with Crippen molar-refractivity contribution in [2.24, 2.45) is 5.92 Å². The number of aryl methyl sites for hydroxylation is 3. The van der Waals surface area contributed by atoms with Gasteiger partial charge in [-0.15, -0.1) is 0 Å². The Morgan fingerprint density at radius 2 is 1.53 bits per heavy atom. The molecule has 0 saturated heterocycles. The summed E-state index contributed by atoms with van der Waals surface area (Å²) >= 11 is 0. The van der Waals surface area contributed by atoms with E-state index >= 15 is 0 Å². The van der Waals surface area contributed by atoms with E-state index in [1.165, 1.54) is 11.1 Å². The molecule has 30 heavy (non-hydrogen) atoms. The van der Waals surface area contributed by atoms with Crippen molar-refractivity contribution in [2.75, 3.05) is 18.4 Å². The summed E-state index contributed by atoms with van der Waals surface area (Å²) in [4.78, 5) is 24.5. The number of amides is 2. The molecule has 0 aliphatic carbocycles. The number of carbonyl (C=O) groups is 2. The summed E-state index contributed by atoms with van der Waals surface area (Å²) in [6.45, 7) is 10.5. The number of hydrogen-bond acceptors (Lipinski definition) is 3. The Bertz CT molecular complexity index is 824. The predicted molar refractivity (Wildman–Crippen MR) is 124 cm³/mol. The molecule has 0 fully saturated rings. The summed E-state index contributed by atoms with van der Waals surface area (Å²) in [6, 6.07) is 14.5. The van der Waals surface area contributed by atoms with Crippen LogP contribution in [0.4, 0.5) is 5.69 Å². The van der Waals surface area contributed by atoms with Gasteiger partial charge < -0.3 is 16.0 Å². The molecule has 0 heterocycles. The van der Waals surface area contributed by atoms with Crippen LogP contribution in [0, 0.1) is 19.8 Å². The van der Waals surface area contributed by atoms with Crippen molar-refractivity contribution >= 4 is 17.5 Å². The van der Waals surface area contributed by atoms with Crippen LogP contribution in [0.3, 0.4) is 0 Å². The van der Waals surface area contributed by atoms with Gasteiger partial charge in [0, 0.05) is 11.7 Å². The molecule has 2 rings (SSSR count). The molecule has 1 atom stereocenters. The van der Waals surface area contributed by atoms with Crippen LogP contribution in [0.5, 0.6) is 0 Å². The van der Waals surface area contributed by atoms with Crippen LogP contribution in [0.25, 0.3) is 0 Å². The Kier molecular flexibility index (Phi) is 9.06. The molecule has 2 amide bonds. The zero-order chi connectivity index (χ0) is 22.1. The summed E-state index contributed by atoms with van der Waals surface area (Å²) in [5.74, 6) is -0.0882. The second-order valence-electron chi connectivity index (χ2n) is 8.19. The monoisotopic (exact) mass is 409 g/mol. The van der Waals surface area contributed by atoms with Gasteiger partial charge in [0.1, 0.15) is 0 Å². The summed E-state index contributed by atoms with van der Waals surface area (Å²) in [5.41, 5.74) is 5.31. The minimum atomic E-state index is -0.229. The number of anilines is 1. The van der Waals surface area contributed by atoms with Crippen molar-refractivity contribution in [3.05, 3.63) is 64.7 Å².